The Labute approximate surface area is 83.3 Å². The number of hydrogen-bond acceptors (Lipinski definition) is 5. The quantitative estimate of drug-likeness (QED) is 0.383. The van der Waals surface area contributed by atoms with Crippen LogP contribution in [0.15, 0.2) is 0 Å². The molecule has 0 spiro atoms. The van der Waals surface area contributed by atoms with Crippen LogP contribution < -0.4 is 0 Å². The monoisotopic (exact) mass is 204 g/mol. The Morgan fingerprint density at radius 2 is 2.29 bits per heavy atom. The second-order valence-corrected chi connectivity index (χ2v) is 3.58. The van der Waals surface area contributed by atoms with Crippen LogP contribution in [-0.4, -0.2) is 37.9 Å². The molecule has 0 aromatic rings. The molecule has 0 aromatic carbocycles. The molecule has 14 heavy (non-hydrogen) atoms. The van der Waals surface area contributed by atoms with Crippen LogP contribution in [0.25, 0.3) is 0 Å². The van der Waals surface area contributed by atoms with Crippen LogP contribution in [0.3, 0.4) is 0 Å². The van der Waals surface area contributed by atoms with Crippen molar-refractivity contribution in [1.82, 2.24) is 0 Å². The summed E-state index contributed by atoms with van der Waals surface area (Å²) in [6.45, 7) is 5.87. The van der Waals surface area contributed by atoms with Crippen molar-refractivity contribution in [1.29, 1.82) is 0 Å². The van der Waals surface area contributed by atoms with E-state index in [9.17, 15) is 4.79 Å². The van der Waals surface area contributed by atoms with Gasteiger partial charge in [-0.25, -0.2) is 0 Å². The average molecular weight is 204 g/mol. The fourth-order valence-corrected chi connectivity index (χ4v) is 1.15. The van der Waals surface area contributed by atoms with Crippen molar-refractivity contribution in [2.75, 3.05) is 20.0 Å². The zero-order valence-corrected chi connectivity index (χ0v) is 8.74. The van der Waals surface area contributed by atoms with Gasteiger partial charge in [-0.2, -0.15) is 0 Å². The van der Waals surface area contributed by atoms with E-state index in [1.807, 2.05) is 13.8 Å². The molecule has 0 aromatic heterocycles. The van der Waals surface area contributed by atoms with Gasteiger partial charge in [0, 0.05) is 6.92 Å². The molecule has 82 valence electrons. The van der Waals surface area contributed by atoms with Gasteiger partial charge in [0.2, 0.25) is 0 Å². The molecule has 1 fully saturated rings. The molecule has 0 unspecified atom stereocenters. The molecule has 1 rings (SSSR count). The molecular weight excluding hydrogens is 188 g/mol. The third-order valence-corrected chi connectivity index (χ3v) is 1.72. The molecule has 1 aliphatic heterocycles. The maximum Gasteiger partial charge on any atom is 0.304 e. The van der Waals surface area contributed by atoms with Crippen LogP contribution in [0.1, 0.15) is 20.8 Å². The van der Waals surface area contributed by atoms with E-state index in [1.165, 1.54) is 6.92 Å². The molecule has 1 atom stereocenters. The van der Waals surface area contributed by atoms with Gasteiger partial charge in [-0.1, -0.05) is 0 Å². The van der Waals surface area contributed by atoms with E-state index in [4.69, 9.17) is 14.2 Å². The Kier molecular flexibility index (Phi) is 3.86. The first-order chi connectivity index (χ1) is 6.49. The lowest BCUT2D eigenvalue weighted by atomic mass is 10.4. The van der Waals surface area contributed by atoms with Gasteiger partial charge >= 0.3 is 5.97 Å². The predicted molar refractivity (Wildman–Crippen MR) is 47.5 cm³/mol. The molecule has 1 saturated heterocycles. The van der Waals surface area contributed by atoms with Crippen molar-refractivity contribution in [3.8, 4) is 0 Å². The second kappa shape index (κ2) is 4.72. The van der Waals surface area contributed by atoms with Crippen LogP contribution in [0.5, 0.6) is 0 Å². The van der Waals surface area contributed by atoms with E-state index < -0.39 is 5.79 Å². The van der Waals surface area contributed by atoms with Crippen molar-refractivity contribution < 1.29 is 23.7 Å². The van der Waals surface area contributed by atoms with Gasteiger partial charge in [0.05, 0.1) is 13.2 Å². The van der Waals surface area contributed by atoms with Crippen molar-refractivity contribution in [2.24, 2.45) is 0 Å². The number of esters is 1. The largest absolute Gasteiger partial charge is 0.439 e. The van der Waals surface area contributed by atoms with Gasteiger partial charge in [-0.3, -0.25) is 4.79 Å². The minimum Gasteiger partial charge on any atom is -0.439 e. The summed E-state index contributed by atoms with van der Waals surface area (Å²) in [4.78, 5) is 10.4. The Morgan fingerprint density at radius 3 is 2.79 bits per heavy atom. The van der Waals surface area contributed by atoms with Crippen LogP contribution in [0.2, 0.25) is 0 Å². The standard InChI is InChI=1S/C9H16O5/c1-7(10)12-6-11-4-8-5-13-9(2,3)14-8/h8H,4-6H2,1-3H3/t8-/m1/s1. The number of carbonyl (C=O) groups is 1. The highest BCUT2D eigenvalue weighted by atomic mass is 16.8. The van der Waals surface area contributed by atoms with Gasteiger partial charge in [0.1, 0.15) is 6.10 Å². The molecule has 0 N–H and O–H groups in total. The van der Waals surface area contributed by atoms with E-state index in [2.05, 4.69) is 4.74 Å². The molecule has 0 aliphatic carbocycles. The highest BCUT2D eigenvalue weighted by molar-refractivity contribution is 5.65. The van der Waals surface area contributed by atoms with Crippen LogP contribution >= 0.6 is 0 Å². The maximum atomic E-state index is 10.4. The SMILES string of the molecule is CC(=O)OCOC[C@@H]1COC(C)(C)O1. The molecule has 0 bridgehead atoms. The molecule has 0 amide bonds. The highest BCUT2D eigenvalue weighted by Gasteiger charge is 2.32. The number of hydrogen-bond donors (Lipinski definition) is 0. The molecular formula is C9H16O5. The Balaban J connectivity index is 2.06. The normalized spacial score (nSPS) is 24.9. The summed E-state index contributed by atoms with van der Waals surface area (Å²) in [6, 6.07) is 0. The number of rotatable bonds is 4. The van der Waals surface area contributed by atoms with E-state index in [0.29, 0.717) is 13.2 Å². The van der Waals surface area contributed by atoms with Crippen molar-refractivity contribution in [3.63, 3.8) is 0 Å². The van der Waals surface area contributed by atoms with Gasteiger partial charge < -0.3 is 18.9 Å². The van der Waals surface area contributed by atoms with Gasteiger partial charge in [0.15, 0.2) is 12.6 Å². The molecule has 1 heterocycles. The van der Waals surface area contributed by atoms with Crippen molar-refractivity contribution in [3.05, 3.63) is 0 Å². The summed E-state index contributed by atoms with van der Waals surface area (Å²) in [7, 11) is 0. The lowest BCUT2D eigenvalue weighted by Gasteiger charge is -2.16. The Morgan fingerprint density at radius 1 is 1.57 bits per heavy atom. The van der Waals surface area contributed by atoms with E-state index in [1.54, 1.807) is 0 Å². The summed E-state index contributed by atoms with van der Waals surface area (Å²) < 4.78 is 20.5. The minimum absolute atomic E-state index is 0.0321. The maximum absolute atomic E-state index is 10.4. The Hall–Kier alpha value is -0.650. The first-order valence-electron chi connectivity index (χ1n) is 4.52. The summed E-state index contributed by atoms with van der Waals surface area (Å²) in [6.07, 6.45) is -0.0828. The van der Waals surface area contributed by atoms with E-state index in [-0.39, 0.29) is 18.9 Å². The van der Waals surface area contributed by atoms with Crippen molar-refractivity contribution >= 4 is 5.97 Å². The Bertz CT molecular complexity index is 201. The third-order valence-electron chi connectivity index (χ3n) is 1.72. The predicted octanol–water partition coefficient (Wildman–Crippen LogP) is 0.675. The highest BCUT2D eigenvalue weighted by Crippen LogP contribution is 2.22. The first kappa shape index (κ1) is 11.4. The molecule has 5 nitrogen and oxygen atoms in total. The first-order valence-corrected chi connectivity index (χ1v) is 4.52. The topological polar surface area (TPSA) is 54.0 Å². The summed E-state index contributed by atoms with van der Waals surface area (Å²) in [5.41, 5.74) is 0. The minimum atomic E-state index is -0.532. The zero-order chi connectivity index (χ0) is 10.6. The summed E-state index contributed by atoms with van der Waals surface area (Å²) in [5.74, 6) is -0.885. The van der Waals surface area contributed by atoms with E-state index in [0.717, 1.165) is 0 Å². The van der Waals surface area contributed by atoms with Crippen LogP contribution in [0.4, 0.5) is 0 Å². The van der Waals surface area contributed by atoms with Crippen LogP contribution in [0, 0.1) is 0 Å². The van der Waals surface area contributed by atoms with Crippen LogP contribution in [-0.2, 0) is 23.7 Å². The van der Waals surface area contributed by atoms with E-state index >= 15 is 0 Å². The van der Waals surface area contributed by atoms with Gasteiger partial charge in [0.25, 0.3) is 0 Å². The van der Waals surface area contributed by atoms with Gasteiger partial charge in [-0.05, 0) is 13.8 Å². The lowest BCUT2D eigenvalue weighted by molar-refractivity contribution is -0.164. The fraction of sp³-hybridized carbons (Fsp3) is 0.889. The summed E-state index contributed by atoms with van der Waals surface area (Å²) >= 11 is 0. The molecule has 0 saturated carbocycles. The third kappa shape index (κ3) is 4.04. The molecule has 5 heteroatoms. The number of carbonyl (C=O) groups excluding carboxylic acids is 1. The summed E-state index contributed by atoms with van der Waals surface area (Å²) in [5, 5.41) is 0. The van der Waals surface area contributed by atoms with Gasteiger partial charge in [-0.15, -0.1) is 0 Å². The fourth-order valence-electron chi connectivity index (χ4n) is 1.15. The molecule has 1 aliphatic rings. The smallest absolute Gasteiger partial charge is 0.304 e. The van der Waals surface area contributed by atoms with Crippen molar-refractivity contribution in [2.45, 2.75) is 32.7 Å². The zero-order valence-electron chi connectivity index (χ0n) is 8.74. The second-order valence-electron chi connectivity index (χ2n) is 3.58. The molecule has 0 radical (unpaired) electrons. The lowest BCUT2D eigenvalue weighted by Crippen LogP contribution is -2.24. The average Bonchev–Trinajstić information content (AvgIpc) is 2.39. The number of ether oxygens (including phenoxy) is 4.